The van der Waals surface area contributed by atoms with Gasteiger partial charge in [0.1, 0.15) is 0 Å². The van der Waals surface area contributed by atoms with Crippen LogP contribution in [0.2, 0.25) is 5.02 Å². The van der Waals surface area contributed by atoms with Crippen molar-refractivity contribution < 1.29 is 8.42 Å². The molecule has 0 fully saturated rings. The molecule has 0 unspecified atom stereocenters. The first-order chi connectivity index (χ1) is 8.99. The van der Waals surface area contributed by atoms with Gasteiger partial charge in [0.2, 0.25) is 0 Å². The molecule has 100 valence electrons. The number of hydrogen-bond donors (Lipinski definition) is 1. The van der Waals surface area contributed by atoms with Crippen molar-refractivity contribution in [2.24, 2.45) is 0 Å². The van der Waals surface area contributed by atoms with Crippen molar-refractivity contribution in [3.63, 3.8) is 0 Å². The molecule has 0 amide bonds. The van der Waals surface area contributed by atoms with Crippen molar-refractivity contribution in [2.75, 3.05) is 11.5 Å². The average Bonchev–Trinajstić information content (AvgIpc) is 2.40. The van der Waals surface area contributed by atoms with Crippen molar-refractivity contribution in [1.29, 1.82) is 0 Å². The summed E-state index contributed by atoms with van der Waals surface area (Å²) in [5.74, 6) is -0.0246. The highest BCUT2D eigenvalue weighted by atomic mass is 35.5. The monoisotopic (exact) mass is 296 g/mol. The van der Waals surface area contributed by atoms with E-state index in [0.29, 0.717) is 11.4 Å². The van der Waals surface area contributed by atoms with Crippen molar-refractivity contribution in [3.8, 4) is 0 Å². The quantitative estimate of drug-likeness (QED) is 0.879. The molecule has 0 atom stereocenters. The Morgan fingerprint density at radius 2 is 2.05 bits per heavy atom. The molecule has 0 bridgehead atoms. The van der Waals surface area contributed by atoms with Gasteiger partial charge in [-0.2, -0.15) is 0 Å². The van der Waals surface area contributed by atoms with Gasteiger partial charge in [0.15, 0.2) is 9.84 Å². The zero-order valence-corrected chi connectivity index (χ0v) is 11.7. The smallest absolute Gasteiger partial charge is 0.180 e. The number of nitrogens with two attached hydrogens (primary N) is 1. The molecule has 0 saturated heterocycles. The molecular formula is C13H13ClN2O2S. The lowest BCUT2D eigenvalue weighted by atomic mass is 10.2. The average molecular weight is 297 g/mol. The van der Waals surface area contributed by atoms with Crippen LogP contribution in [0.25, 0.3) is 0 Å². The molecule has 6 heteroatoms. The van der Waals surface area contributed by atoms with E-state index in [0.717, 1.165) is 5.56 Å². The van der Waals surface area contributed by atoms with Crippen LogP contribution < -0.4 is 5.73 Å². The standard InChI is InChI=1S/C13H13ClN2O2S/c14-11-3-4-12(15)13(8-11)19(17,18)7-5-10-2-1-6-16-9-10/h1-4,6,8-9H,5,7,15H2. The molecule has 19 heavy (non-hydrogen) atoms. The first-order valence-corrected chi connectivity index (χ1v) is 7.69. The molecule has 1 aromatic carbocycles. The van der Waals surface area contributed by atoms with Gasteiger partial charge < -0.3 is 5.73 Å². The van der Waals surface area contributed by atoms with Crippen LogP contribution in [0.5, 0.6) is 0 Å². The minimum absolute atomic E-state index is 0.0246. The van der Waals surface area contributed by atoms with Gasteiger partial charge in [-0.05, 0) is 36.2 Å². The van der Waals surface area contributed by atoms with Crippen LogP contribution in [0.15, 0.2) is 47.6 Å². The summed E-state index contributed by atoms with van der Waals surface area (Å²) in [5, 5.41) is 0.356. The number of aromatic nitrogens is 1. The summed E-state index contributed by atoms with van der Waals surface area (Å²) in [4.78, 5) is 4.04. The first-order valence-electron chi connectivity index (χ1n) is 5.66. The Bertz CT molecular complexity index is 672. The molecule has 0 aliphatic rings. The van der Waals surface area contributed by atoms with Crippen LogP contribution in [0.1, 0.15) is 5.56 Å². The van der Waals surface area contributed by atoms with Gasteiger partial charge >= 0.3 is 0 Å². The maximum atomic E-state index is 12.2. The third-order valence-electron chi connectivity index (χ3n) is 2.69. The van der Waals surface area contributed by atoms with E-state index in [1.807, 2.05) is 6.07 Å². The van der Waals surface area contributed by atoms with Crippen molar-refractivity contribution >= 4 is 27.1 Å². The summed E-state index contributed by atoms with van der Waals surface area (Å²) in [6, 6.07) is 8.06. The number of halogens is 1. The molecule has 0 radical (unpaired) electrons. The topological polar surface area (TPSA) is 73.1 Å². The second-order valence-corrected chi connectivity index (χ2v) is 6.63. The largest absolute Gasteiger partial charge is 0.398 e. The van der Waals surface area contributed by atoms with Gasteiger partial charge in [-0.25, -0.2) is 8.42 Å². The van der Waals surface area contributed by atoms with Gasteiger partial charge in [-0.1, -0.05) is 17.7 Å². The molecule has 2 rings (SSSR count). The SMILES string of the molecule is Nc1ccc(Cl)cc1S(=O)(=O)CCc1cccnc1. The number of aryl methyl sites for hydroxylation is 1. The Balaban J connectivity index is 2.21. The van der Waals surface area contributed by atoms with Crippen LogP contribution >= 0.6 is 11.6 Å². The molecule has 2 N–H and O–H groups in total. The fourth-order valence-corrected chi connectivity index (χ4v) is 3.38. The molecule has 0 aliphatic carbocycles. The van der Waals surface area contributed by atoms with Crippen molar-refractivity contribution in [3.05, 3.63) is 53.3 Å². The van der Waals surface area contributed by atoms with E-state index in [4.69, 9.17) is 17.3 Å². The fraction of sp³-hybridized carbons (Fsp3) is 0.154. The zero-order valence-electron chi connectivity index (χ0n) is 10.1. The normalized spacial score (nSPS) is 11.4. The maximum absolute atomic E-state index is 12.2. The predicted molar refractivity (Wildman–Crippen MR) is 75.9 cm³/mol. The van der Waals surface area contributed by atoms with E-state index < -0.39 is 9.84 Å². The van der Waals surface area contributed by atoms with Crippen molar-refractivity contribution in [1.82, 2.24) is 4.98 Å². The number of sulfone groups is 1. The number of hydrogen-bond acceptors (Lipinski definition) is 4. The minimum Gasteiger partial charge on any atom is -0.398 e. The van der Waals surface area contributed by atoms with Gasteiger partial charge in [-0.15, -0.1) is 0 Å². The van der Waals surface area contributed by atoms with E-state index in [9.17, 15) is 8.42 Å². The molecule has 0 spiro atoms. The minimum atomic E-state index is -3.45. The number of rotatable bonds is 4. The van der Waals surface area contributed by atoms with Crippen molar-refractivity contribution in [2.45, 2.75) is 11.3 Å². The summed E-state index contributed by atoms with van der Waals surface area (Å²) >= 11 is 5.81. The predicted octanol–water partition coefficient (Wildman–Crippen LogP) is 2.33. The zero-order chi connectivity index (χ0) is 13.9. The third-order valence-corrected chi connectivity index (χ3v) is 4.69. The lowest BCUT2D eigenvalue weighted by Crippen LogP contribution is -2.11. The number of nitrogens with zero attached hydrogens (tertiary/aromatic N) is 1. The molecule has 2 aromatic rings. The lowest BCUT2D eigenvalue weighted by molar-refractivity contribution is 0.595. The van der Waals surface area contributed by atoms with E-state index >= 15 is 0 Å². The van der Waals surface area contributed by atoms with Crippen LogP contribution in [0.3, 0.4) is 0 Å². The Morgan fingerprint density at radius 3 is 2.74 bits per heavy atom. The Labute approximate surface area is 117 Å². The number of nitrogen functional groups attached to an aromatic ring is 1. The molecular weight excluding hydrogens is 284 g/mol. The van der Waals surface area contributed by atoms with Crippen LogP contribution in [-0.4, -0.2) is 19.2 Å². The first kappa shape index (κ1) is 13.8. The van der Waals surface area contributed by atoms with Gasteiger partial charge in [0.25, 0.3) is 0 Å². The lowest BCUT2D eigenvalue weighted by Gasteiger charge is -2.08. The van der Waals surface area contributed by atoms with E-state index in [1.165, 1.54) is 12.1 Å². The molecule has 1 aromatic heterocycles. The maximum Gasteiger partial charge on any atom is 0.180 e. The molecule has 4 nitrogen and oxygen atoms in total. The number of anilines is 1. The highest BCUT2D eigenvalue weighted by molar-refractivity contribution is 7.91. The molecule has 0 saturated carbocycles. The highest BCUT2D eigenvalue weighted by Gasteiger charge is 2.18. The van der Waals surface area contributed by atoms with Crippen LogP contribution in [0, 0.1) is 0 Å². The van der Waals surface area contributed by atoms with E-state index in [1.54, 1.807) is 24.5 Å². The third kappa shape index (κ3) is 3.45. The summed E-state index contributed by atoms with van der Waals surface area (Å²) in [6.07, 6.45) is 3.69. The summed E-state index contributed by atoms with van der Waals surface area (Å²) < 4.78 is 24.4. The van der Waals surface area contributed by atoms with E-state index in [2.05, 4.69) is 4.98 Å². The second-order valence-electron chi connectivity index (χ2n) is 4.11. The number of pyridine rings is 1. The van der Waals surface area contributed by atoms with Crippen LogP contribution in [-0.2, 0) is 16.3 Å². The molecule has 1 heterocycles. The highest BCUT2D eigenvalue weighted by Crippen LogP contribution is 2.24. The summed E-state index contributed by atoms with van der Waals surface area (Å²) in [5.41, 5.74) is 6.78. The summed E-state index contributed by atoms with van der Waals surface area (Å²) in [6.45, 7) is 0. The fourth-order valence-electron chi connectivity index (χ4n) is 1.69. The Hall–Kier alpha value is -1.59. The second kappa shape index (κ2) is 5.59. The van der Waals surface area contributed by atoms with Gasteiger partial charge in [-0.3, -0.25) is 4.98 Å². The number of benzene rings is 1. The van der Waals surface area contributed by atoms with Crippen LogP contribution in [0.4, 0.5) is 5.69 Å². The van der Waals surface area contributed by atoms with Gasteiger partial charge in [0, 0.05) is 17.4 Å². The van der Waals surface area contributed by atoms with E-state index in [-0.39, 0.29) is 16.3 Å². The Morgan fingerprint density at radius 1 is 1.26 bits per heavy atom. The summed E-state index contributed by atoms with van der Waals surface area (Å²) in [7, 11) is -3.45. The molecule has 0 aliphatic heterocycles. The Kier molecular flexibility index (Phi) is 4.07. The van der Waals surface area contributed by atoms with Gasteiger partial charge in [0.05, 0.1) is 16.3 Å².